The molecule has 24 heavy (non-hydrogen) atoms. The van der Waals surface area contributed by atoms with Crippen LogP contribution < -0.4 is 0 Å². The van der Waals surface area contributed by atoms with Gasteiger partial charge < -0.3 is 0 Å². The summed E-state index contributed by atoms with van der Waals surface area (Å²) in [7, 11) is -1.87. The Labute approximate surface area is 139 Å². The van der Waals surface area contributed by atoms with Gasteiger partial charge in [-0.3, -0.25) is 4.68 Å². The van der Waals surface area contributed by atoms with Crippen molar-refractivity contribution in [3.63, 3.8) is 0 Å². The molecule has 0 saturated carbocycles. The van der Waals surface area contributed by atoms with E-state index < -0.39 is 10.0 Å². The Hall–Kier alpha value is -2.67. The third-order valence-electron chi connectivity index (χ3n) is 4.21. The highest BCUT2D eigenvalue weighted by atomic mass is 32.2. The molecule has 0 unspecified atom stereocenters. The summed E-state index contributed by atoms with van der Waals surface area (Å²) in [6.45, 7) is 3.70. The summed E-state index contributed by atoms with van der Waals surface area (Å²) in [5.74, 6) is 0. The summed E-state index contributed by atoms with van der Waals surface area (Å²) in [5, 5.41) is 5.90. The predicted molar refractivity (Wildman–Crippen MR) is 92.5 cm³/mol. The first-order chi connectivity index (χ1) is 11.4. The zero-order valence-corrected chi connectivity index (χ0v) is 14.4. The second-order valence-electron chi connectivity index (χ2n) is 5.94. The summed E-state index contributed by atoms with van der Waals surface area (Å²) in [6.07, 6.45) is 3.38. The molecule has 0 aliphatic heterocycles. The van der Waals surface area contributed by atoms with E-state index in [0.29, 0.717) is 11.3 Å². The van der Waals surface area contributed by atoms with Gasteiger partial charge in [0.15, 0.2) is 5.65 Å². The molecule has 0 saturated heterocycles. The van der Waals surface area contributed by atoms with Gasteiger partial charge in [0.25, 0.3) is 10.0 Å². The quantitative estimate of drug-likeness (QED) is 0.563. The second kappa shape index (κ2) is 4.91. The first-order valence-corrected chi connectivity index (χ1v) is 8.94. The average Bonchev–Trinajstić information content (AvgIpc) is 3.07. The van der Waals surface area contributed by atoms with E-state index in [0.717, 1.165) is 21.9 Å². The molecule has 0 N–H and O–H groups in total. The van der Waals surface area contributed by atoms with E-state index in [9.17, 15) is 8.42 Å². The molecule has 7 heteroatoms. The number of rotatable bonds is 2. The number of nitrogens with zero attached hydrogens (tertiary/aromatic N) is 4. The van der Waals surface area contributed by atoms with Crippen LogP contribution in [0.25, 0.3) is 21.9 Å². The van der Waals surface area contributed by atoms with Gasteiger partial charge in [0.1, 0.15) is 0 Å². The Balaban J connectivity index is 2.06. The maximum absolute atomic E-state index is 13.1. The number of aryl methyl sites for hydroxylation is 3. The summed E-state index contributed by atoms with van der Waals surface area (Å²) in [4.78, 5) is 4.63. The molecule has 122 valence electrons. The summed E-state index contributed by atoms with van der Waals surface area (Å²) >= 11 is 0. The third kappa shape index (κ3) is 1.98. The van der Waals surface area contributed by atoms with Crippen LogP contribution >= 0.6 is 0 Å². The van der Waals surface area contributed by atoms with E-state index in [1.54, 1.807) is 48.3 Å². The first kappa shape index (κ1) is 14.9. The molecule has 0 amide bonds. The Bertz CT molecular complexity index is 1190. The van der Waals surface area contributed by atoms with Crippen molar-refractivity contribution >= 4 is 32.0 Å². The first-order valence-electron chi connectivity index (χ1n) is 7.50. The fraction of sp³-hybridized carbons (Fsp3) is 0.176. The highest BCUT2D eigenvalue weighted by Crippen LogP contribution is 2.29. The molecule has 0 atom stereocenters. The zero-order chi connectivity index (χ0) is 17.1. The van der Waals surface area contributed by atoms with Crippen molar-refractivity contribution in [3.8, 4) is 0 Å². The van der Waals surface area contributed by atoms with Crippen LogP contribution in [0.15, 0.2) is 47.6 Å². The van der Waals surface area contributed by atoms with Crippen molar-refractivity contribution in [2.75, 3.05) is 0 Å². The molecular weight excluding hydrogens is 324 g/mol. The van der Waals surface area contributed by atoms with Gasteiger partial charge >= 0.3 is 0 Å². The van der Waals surface area contributed by atoms with Gasteiger partial charge in [-0.15, -0.1) is 0 Å². The minimum Gasteiger partial charge on any atom is -0.267 e. The molecule has 6 nitrogen and oxygen atoms in total. The molecule has 3 aromatic heterocycles. The van der Waals surface area contributed by atoms with E-state index in [2.05, 4.69) is 10.1 Å². The molecular formula is C17H16N4O2S. The Morgan fingerprint density at radius 2 is 1.75 bits per heavy atom. The molecule has 0 radical (unpaired) electrons. The van der Waals surface area contributed by atoms with Crippen molar-refractivity contribution in [1.82, 2.24) is 18.7 Å². The highest BCUT2D eigenvalue weighted by molar-refractivity contribution is 7.90. The fourth-order valence-electron chi connectivity index (χ4n) is 3.03. The van der Waals surface area contributed by atoms with E-state index in [-0.39, 0.29) is 4.90 Å². The largest absolute Gasteiger partial charge is 0.269 e. The smallest absolute Gasteiger partial charge is 0.267 e. The van der Waals surface area contributed by atoms with E-state index in [1.165, 1.54) is 3.97 Å². The van der Waals surface area contributed by atoms with E-state index in [4.69, 9.17) is 0 Å². The summed E-state index contributed by atoms with van der Waals surface area (Å²) < 4.78 is 29.2. The fourth-order valence-corrected chi connectivity index (χ4v) is 4.53. The second-order valence-corrected chi connectivity index (χ2v) is 7.72. The molecule has 0 bridgehead atoms. The third-order valence-corrected chi connectivity index (χ3v) is 6.02. The maximum atomic E-state index is 13.1. The number of fused-ring (bicyclic) bond motifs is 3. The standard InChI is InChI=1S/C17H16N4O2S/c1-11-4-6-14(7-5-11)24(22,23)21-12(2)8-15-16-13(9-18-17(15)21)10-19-20(16)3/h4-10H,1-3H3. The minimum atomic E-state index is -3.71. The Morgan fingerprint density at radius 1 is 1.04 bits per heavy atom. The van der Waals surface area contributed by atoms with Gasteiger partial charge in [-0.25, -0.2) is 17.4 Å². The number of benzene rings is 1. The lowest BCUT2D eigenvalue weighted by Gasteiger charge is -2.09. The monoisotopic (exact) mass is 340 g/mol. The zero-order valence-electron chi connectivity index (χ0n) is 13.6. The normalized spacial score (nSPS) is 12.3. The lowest BCUT2D eigenvalue weighted by molar-refractivity contribution is 0.587. The van der Waals surface area contributed by atoms with Crippen LogP contribution in [0.2, 0.25) is 0 Å². The predicted octanol–water partition coefficient (Wildman–Crippen LogP) is 2.78. The van der Waals surface area contributed by atoms with Crippen LogP contribution in [-0.2, 0) is 17.1 Å². The summed E-state index contributed by atoms with van der Waals surface area (Å²) in [6, 6.07) is 8.68. The molecule has 4 rings (SSSR count). The molecule has 0 spiro atoms. The summed E-state index contributed by atoms with van der Waals surface area (Å²) in [5.41, 5.74) is 2.93. The van der Waals surface area contributed by atoms with Crippen molar-refractivity contribution in [3.05, 3.63) is 54.0 Å². The van der Waals surface area contributed by atoms with Gasteiger partial charge in [0, 0.05) is 29.7 Å². The molecule has 0 aliphatic carbocycles. The Morgan fingerprint density at radius 3 is 2.46 bits per heavy atom. The Kier molecular flexibility index (Phi) is 3.05. The lowest BCUT2D eigenvalue weighted by Crippen LogP contribution is -2.14. The van der Waals surface area contributed by atoms with E-state index >= 15 is 0 Å². The van der Waals surface area contributed by atoms with Gasteiger partial charge in [0.2, 0.25) is 0 Å². The number of hydrogen-bond acceptors (Lipinski definition) is 4. The van der Waals surface area contributed by atoms with Gasteiger partial charge in [-0.05, 0) is 32.0 Å². The van der Waals surface area contributed by atoms with Crippen LogP contribution in [0.1, 0.15) is 11.3 Å². The number of pyridine rings is 1. The van der Waals surface area contributed by atoms with Crippen LogP contribution in [0, 0.1) is 13.8 Å². The highest BCUT2D eigenvalue weighted by Gasteiger charge is 2.23. The molecule has 3 heterocycles. The topological polar surface area (TPSA) is 69.8 Å². The molecule has 1 aromatic carbocycles. The van der Waals surface area contributed by atoms with Crippen LogP contribution in [0.3, 0.4) is 0 Å². The van der Waals surface area contributed by atoms with Gasteiger partial charge in [0.05, 0.1) is 16.6 Å². The van der Waals surface area contributed by atoms with Crippen molar-refractivity contribution in [2.24, 2.45) is 7.05 Å². The van der Waals surface area contributed by atoms with Crippen LogP contribution in [0.5, 0.6) is 0 Å². The SMILES string of the molecule is Cc1ccc(S(=O)(=O)n2c(C)cc3c4c(cnc32)cnn4C)cc1. The van der Waals surface area contributed by atoms with E-state index in [1.807, 2.05) is 20.0 Å². The number of aromatic nitrogens is 4. The van der Waals surface area contributed by atoms with Crippen LogP contribution in [0.4, 0.5) is 0 Å². The van der Waals surface area contributed by atoms with Gasteiger partial charge in [-0.2, -0.15) is 5.10 Å². The average molecular weight is 340 g/mol. The lowest BCUT2D eigenvalue weighted by atomic mass is 10.2. The molecule has 0 fully saturated rings. The van der Waals surface area contributed by atoms with Crippen molar-refractivity contribution < 1.29 is 8.42 Å². The number of hydrogen-bond donors (Lipinski definition) is 0. The minimum absolute atomic E-state index is 0.251. The molecule has 4 aromatic rings. The van der Waals surface area contributed by atoms with Gasteiger partial charge in [-0.1, -0.05) is 17.7 Å². The maximum Gasteiger partial charge on any atom is 0.269 e. The van der Waals surface area contributed by atoms with Crippen LogP contribution in [-0.4, -0.2) is 27.2 Å². The van der Waals surface area contributed by atoms with Crippen molar-refractivity contribution in [2.45, 2.75) is 18.7 Å². The van der Waals surface area contributed by atoms with Crippen molar-refractivity contribution in [1.29, 1.82) is 0 Å². The molecule has 0 aliphatic rings.